The van der Waals surface area contributed by atoms with E-state index in [-0.39, 0.29) is 6.04 Å². The summed E-state index contributed by atoms with van der Waals surface area (Å²) < 4.78 is 26.9. The Morgan fingerprint density at radius 1 is 1.21 bits per heavy atom. The number of hydrogen-bond acceptors (Lipinski definition) is 3. The molecule has 2 N–H and O–H groups in total. The minimum atomic E-state index is -3.44. The maximum Gasteiger partial charge on any atom is 0.243 e. The number of nitrogen functional groups attached to an aromatic ring is 1. The van der Waals surface area contributed by atoms with Crippen molar-refractivity contribution in [2.45, 2.75) is 50.0 Å². The largest absolute Gasteiger partial charge is 0.398 e. The molecule has 1 saturated carbocycles. The van der Waals surface area contributed by atoms with Crippen molar-refractivity contribution in [1.82, 2.24) is 4.31 Å². The van der Waals surface area contributed by atoms with Crippen LogP contribution < -0.4 is 5.73 Å². The Balaban J connectivity index is 2.33. The fourth-order valence-electron chi connectivity index (χ4n) is 2.71. The van der Waals surface area contributed by atoms with Crippen LogP contribution in [0, 0.1) is 6.92 Å². The van der Waals surface area contributed by atoms with Crippen molar-refractivity contribution in [3.05, 3.63) is 23.8 Å². The van der Waals surface area contributed by atoms with Gasteiger partial charge in [-0.2, -0.15) is 4.31 Å². The molecule has 19 heavy (non-hydrogen) atoms. The highest BCUT2D eigenvalue weighted by molar-refractivity contribution is 7.89. The maximum absolute atomic E-state index is 12.7. The predicted molar refractivity (Wildman–Crippen MR) is 77.4 cm³/mol. The molecule has 0 aromatic heterocycles. The van der Waals surface area contributed by atoms with Crippen LogP contribution in [-0.4, -0.2) is 25.8 Å². The van der Waals surface area contributed by atoms with Crippen molar-refractivity contribution in [2.75, 3.05) is 12.8 Å². The number of benzene rings is 1. The summed E-state index contributed by atoms with van der Waals surface area (Å²) in [5, 5.41) is 0. The molecule has 5 heteroatoms. The molecule has 0 bridgehead atoms. The van der Waals surface area contributed by atoms with Gasteiger partial charge in [0.25, 0.3) is 0 Å². The normalized spacial score (nSPS) is 17.8. The summed E-state index contributed by atoms with van der Waals surface area (Å²) in [4.78, 5) is 0.334. The Kier molecular flexibility index (Phi) is 4.16. The molecule has 1 aliphatic carbocycles. The number of rotatable bonds is 3. The Morgan fingerprint density at radius 3 is 2.47 bits per heavy atom. The summed E-state index contributed by atoms with van der Waals surface area (Å²) in [6.07, 6.45) is 5.34. The lowest BCUT2D eigenvalue weighted by molar-refractivity contribution is 0.285. The molecule has 1 aromatic rings. The van der Waals surface area contributed by atoms with Crippen molar-refractivity contribution in [3.63, 3.8) is 0 Å². The topological polar surface area (TPSA) is 63.4 Å². The number of anilines is 1. The monoisotopic (exact) mass is 282 g/mol. The van der Waals surface area contributed by atoms with E-state index in [0.29, 0.717) is 16.1 Å². The summed E-state index contributed by atoms with van der Waals surface area (Å²) in [5.41, 5.74) is 6.98. The van der Waals surface area contributed by atoms with Gasteiger partial charge in [-0.25, -0.2) is 8.42 Å². The number of nitrogens with zero attached hydrogens (tertiary/aromatic N) is 1. The standard InChI is InChI=1S/C14H22N2O2S/c1-11-13(15)9-6-10-14(11)19(17,18)16(2)12-7-4-3-5-8-12/h6,9-10,12H,3-5,7-8,15H2,1-2H3. The zero-order chi connectivity index (χ0) is 14.0. The molecule has 0 saturated heterocycles. The Morgan fingerprint density at radius 2 is 1.84 bits per heavy atom. The van der Waals surface area contributed by atoms with E-state index in [0.717, 1.165) is 25.7 Å². The second-order valence-corrected chi connectivity index (χ2v) is 7.25. The van der Waals surface area contributed by atoms with Gasteiger partial charge in [0.1, 0.15) is 0 Å². The molecule has 0 spiro atoms. The van der Waals surface area contributed by atoms with E-state index in [1.165, 1.54) is 10.7 Å². The minimum Gasteiger partial charge on any atom is -0.398 e. The van der Waals surface area contributed by atoms with Gasteiger partial charge in [0.2, 0.25) is 10.0 Å². The van der Waals surface area contributed by atoms with Gasteiger partial charge in [-0.3, -0.25) is 0 Å². The van der Waals surface area contributed by atoms with E-state index < -0.39 is 10.0 Å². The average Bonchev–Trinajstić information content (AvgIpc) is 2.41. The Hall–Kier alpha value is -1.07. The lowest BCUT2D eigenvalue weighted by Crippen LogP contribution is -2.38. The van der Waals surface area contributed by atoms with Crippen molar-refractivity contribution >= 4 is 15.7 Å². The van der Waals surface area contributed by atoms with Gasteiger partial charge in [-0.05, 0) is 37.5 Å². The first-order chi connectivity index (χ1) is 8.94. The van der Waals surface area contributed by atoms with E-state index >= 15 is 0 Å². The van der Waals surface area contributed by atoms with Gasteiger partial charge in [0, 0.05) is 18.8 Å². The average molecular weight is 282 g/mol. The molecular weight excluding hydrogens is 260 g/mol. The Labute approximate surface area is 115 Å². The molecule has 2 rings (SSSR count). The fourth-order valence-corrected chi connectivity index (χ4v) is 4.38. The third-order valence-electron chi connectivity index (χ3n) is 4.07. The number of hydrogen-bond donors (Lipinski definition) is 1. The van der Waals surface area contributed by atoms with Crippen LogP contribution in [0.1, 0.15) is 37.7 Å². The van der Waals surface area contributed by atoms with E-state index in [9.17, 15) is 8.42 Å². The Bertz CT molecular complexity index is 549. The number of nitrogens with two attached hydrogens (primary N) is 1. The summed E-state index contributed by atoms with van der Waals surface area (Å²) >= 11 is 0. The third kappa shape index (κ3) is 2.77. The zero-order valence-electron chi connectivity index (χ0n) is 11.6. The lowest BCUT2D eigenvalue weighted by Gasteiger charge is -2.30. The summed E-state index contributed by atoms with van der Waals surface area (Å²) in [5.74, 6) is 0. The minimum absolute atomic E-state index is 0.125. The van der Waals surface area contributed by atoms with E-state index in [4.69, 9.17) is 5.73 Å². The SMILES string of the molecule is Cc1c(N)cccc1S(=O)(=O)N(C)C1CCCCC1. The second-order valence-electron chi connectivity index (χ2n) is 5.28. The molecule has 0 heterocycles. The number of sulfonamides is 1. The van der Waals surface area contributed by atoms with Gasteiger partial charge in [-0.1, -0.05) is 25.3 Å². The van der Waals surface area contributed by atoms with Crippen LogP contribution in [0.5, 0.6) is 0 Å². The lowest BCUT2D eigenvalue weighted by atomic mass is 9.96. The second kappa shape index (κ2) is 5.51. The van der Waals surface area contributed by atoms with E-state index in [2.05, 4.69) is 0 Å². The predicted octanol–water partition coefficient (Wildman–Crippen LogP) is 2.53. The van der Waals surface area contributed by atoms with Crippen LogP contribution in [-0.2, 0) is 10.0 Å². The van der Waals surface area contributed by atoms with Crippen molar-refractivity contribution in [3.8, 4) is 0 Å². The molecule has 106 valence electrons. The molecule has 4 nitrogen and oxygen atoms in total. The molecular formula is C14H22N2O2S. The van der Waals surface area contributed by atoms with Crippen molar-refractivity contribution in [1.29, 1.82) is 0 Å². The van der Waals surface area contributed by atoms with Crippen molar-refractivity contribution in [2.24, 2.45) is 0 Å². The molecule has 1 fully saturated rings. The van der Waals surface area contributed by atoms with Gasteiger partial charge < -0.3 is 5.73 Å². The van der Waals surface area contributed by atoms with Crippen LogP contribution >= 0.6 is 0 Å². The molecule has 0 atom stereocenters. The first-order valence-electron chi connectivity index (χ1n) is 6.77. The molecule has 0 unspecified atom stereocenters. The highest BCUT2D eigenvalue weighted by atomic mass is 32.2. The zero-order valence-corrected chi connectivity index (χ0v) is 12.4. The quantitative estimate of drug-likeness (QED) is 0.866. The third-order valence-corrected chi connectivity index (χ3v) is 6.13. The molecule has 1 aliphatic rings. The first-order valence-corrected chi connectivity index (χ1v) is 8.21. The van der Waals surface area contributed by atoms with Crippen LogP contribution in [0.2, 0.25) is 0 Å². The van der Waals surface area contributed by atoms with Crippen LogP contribution in [0.15, 0.2) is 23.1 Å². The molecule has 0 amide bonds. The van der Waals surface area contributed by atoms with Crippen LogP contribution in [0.4, 0.5) is 5.69 Å². The molecule has 0 aliphatic heterocycles. The molecule has 0 radical (unpaired) electrons. The maximum atomic E-state index is 12.7. The van der Waals surface area contributed by atoms with Gasteiger partial charge in [0.15, 0.2) is 0 Å². The van der Waals surface area contributed by atoms with E-state index in [1.807, 2.05) is 0 Å². The van der Waals surface area contributed by atoms with Gasteiger partial charge in [-0.15, -0.1) is 0 Å². The summed E-state index contributed by atoms with van der Waals surface area (Å²) in [6, 6.07) is 5.19. The van der Waals surface area contributed by atoms with Crippen molar-refractivity contribution < 1.29 is 8.42 Å². The highest BCUT2D eigenvalue weighted by Crippen LogP contribution is 2.29. The highest BCUT2D eigenvalue weighted by Gasteiger charge is 2.30. The molecule has 1 aromatic carbocycles. The van der Waals surface area contributed by atoms with Gasteiger partial charge >= 0.3 is 0 Å². The smallest absolute Gasteiger partial charge is 0.243 e. The van der Waals surface area contributed by atoms with Crippen LogP contribution in [0.25, 0.3) is 0 Å². The first kappa shape index (κ1) is 14.3. The van der Waals surface area contributed by atoms with Crippen LogP contribution in [0.3, 0.4) is 0 Å². The van der Waals surface area contributed by atoms with E-state index in [1.54, 1.807) is 32.2 Å². The summed E-state index contributed by atoms with van der Waals surface area (Å²) in [6.45, 7) is 1.76. The van der Waals surface area contributed by atoms with Gasteiger partial charge in [0.05, 0.1) is 4.90 Å². The summed E-state index contributed by atoms with van der Waals surface area (Å²) in [7, 11) is -1.75. The fraction of sp³-hybridized carbons (Fsp3) is 0.571.